The maximum absolute atomic E-state index is 12.6. The maximum Gasteiger partial charge on any atom is 0.255 e. The van der Waals surface area contributed by atoms with Crippen LogP contribution in [0.1, 0.15) is 28.8 Å². The van der Waals surface area contributed by atoms with Crippen molar-refractivity contribution < 1.29 is 13.2 Å². The van der Waals surface area contributed by atoms with Crippen LogP contribution in [0.5, 0.6) is 0 Å². The van der Waals surface area contributed by atoms with Crippen molar-refractivity contribution in [3.8, 4) is 0 Å². The van der Waals surface area contributed by atoms with Crippen LogP contribution < -0.4 is 5.14 Å². The van der Waals surface area contributed by atoms with E-state index in [1.165, 1.54) is 6.07 Å². The third-order valence-corrected chi connectivity index (χ3v) is 4.22. The molecule has 0 bridgehead atoms. The molecule has 1 aromatic rings. The van der Waals surface area contributed by atoms with Gasteiger partial charge in [0.15, 0.2) is 0 Å². The van der Waals surface area contributed by atoms with E-state index in [1.54, 1.807) is 30.0 Å². The van der Waals surface area contributed by atoms with E-state index in [0.717, 1.165) is 18.4 Å². The highest BCUT2D eigenvalue weighted by Crippen LogP contribution is 2.29. The predicted octanol–water partition coefficient (Wildman–Crippen LogP) is 1.43. The molecule has 1 saturated carbocycles. The lowest BCUT2D eigenvalue weighted by atomic mass is 10.1. The average molecular weight is 294 g/mol. The Hall–Kier alpha value is -1.66. The van der Waals surface area contributed by atoms with Gasteiger partial charge in [-0.2, -0.15) is 0 Å². The Morgan fingerprint density at radius 3 is 2.65 bits per heavy atom. The van der Waals surface area contributed by atoms with Crippen molar-refractivity contribution in [1.29, 1.82) is 0 Å². The van der Waals surface area contributed by atoms with Crippen LogP contribution in [-0.2, 0) is 10.0 Å². The molecule has 2 N–H and O–H groups in total. The third kappa shape index (κ3) is 3.08. The lowest BCUT2D eigenvalue weighted by Gasteiger charge is -2.22. The first kappa shape index (κ1) is 14.7. The minimum Gasteiger partial charge on any atom is -0.332 e. The molecular formula is C14H18N2O3S. The lowest BCUT2D eigenvalue weighted by Crippen LogP contribution is -2.34. The van der Waals surface area contributed by atoms with Gasteiger partial charge in [0.05, 0.1) is 10.5 Å². The average Bonchev–Trinajstić information content (AvgIpc) is 3.17. The second-order valence-electron chi connectivity index (χ2n) is 5.02. The Kier molecular flexibility index (Phi) is 3.96. The first-order valence-corrected chi connectivity index (χ1v) is 7.94. The van der Waals surface area contributed by atoms with E-state index in [4.69, 9.17) is 5.14 Å². The second kappa shape index (κ2) is 5.38. The molecule has 0 atom stereocenters. The standard InChI is InChI=1S/C14H18N2O3S/c1-3-8-16(11-5-6-11)14(17)12-9-10(2)4-7-13(12)20(15,18)19/h3-4,7,9,11H,1,5-6,8H2,2H3,(H2,15,18,19). The van der Waals surface area contributed by atoms with Crippen LogP contribution >= 0.6 is 0 Å². The van der Waals surface area contributed by atoms with Gasteiger partial charge >= 0.3 is 0 Å². The molecule has 1 aromatic carbocycles. The predicted molar refractivity (Wildman–Crippen MR) is 76.8 cm³/mol. The number of sulfonamides is 1. The number of carbonyl (C=O) groups excluding carboxylic acids is 1. The molecule has 5 nitrogen and oxygen atoms in total. The molecule has 1 aliphatic rings. The molecule has 20 heavy (non-hydrogen) atoms. The summed E-state index contributed by atoms with van der Waals surface area (Å²) in [4.78, 5) is 14.1. The monoisotopic (exact) mass is 294 g/mol. The van der Waals surface area contributed by atoms with Gasteiger partial charge in [-0.05, 0) is 31.9 Å². The first-order valence-electron chi connectivity index (χ1n) is 6.40. The molecule has 0 heterocycles. The Labute approximate surface area is 119 Å². The molecule has 108 valence electrons. The van der Waals surface area contributed by atoms with Gasteiger partial charge in [-0.1, -0.05) is 17.7 Å². The van der Waals surface area contributed by atoms with Crippen molar-refractivity contribution >= 4 is 15.9 Å². The van der Waals surface area contributed by atoms with E-state index < -0.39 is 10.0 Å². The summed E-state index contributed by atoms with van der Waals surface area (Å²) >= 11 is 0. The number of aryl methyl sites for hydroxylation is 1. The van der Waals surface area contributed by atoms with Gasteiger partial charge in [0.1, 0.15) is 0 Å². The van der Waals surface area contributed by atoms with E-state index in [-0.39, 0.29) is 22.4 Å². The molecule has 1 amide bonds. The molecule has 0 aliphatic heterocycles. The number of hydrogen-bond acceptors (Lipinski definition) is 3. The zero-order chi connectivity index (χ0) is 14.9. The summed E-state index contributed by atoms with van der Waals surface area (Å²) in [6.45, 7) is 5.85. The zero-order valence-corrected chi connectivity index (χ0v) is 12.2. The number of benzene rings is 1. The molecule has 0 unspecified atom stereocenters. The molecule has 0 aromatic heterocycles. The van der Waals surface area contributed by atoms with Crippen LogP contribution in [0.15, 0.2) is 35.7 Å². The van der Waals surface area contributed by atoms with Crippen LogP contribution in [-0.4, -0.2) is 31.8 Å². The van der Waals surface area contributed by atoms with Crippen molar-refractivity contribution in [2.24, 2.45) is 5.14 Å². The van der Waals surface area contributed by atoms with Crippen molar-refractivity contribution in [2.75, 3.05) is 6.54 Å². The summed E-state index contributed by atoms with van der Waals surface area (Å²) in [5, 5.41) is 5.19. The highest BCUT2D eigenvalue weighted by Gasteiger charge is 2.34. The molecule has 0 radical (unpaired) electrons. The molecule has 6 heteroatoms. The van der Waals surface area contributed by atoms with Crippen LogP contribution in [0.25, 0.3) is 0 Å². The summed E-state index contributed by atoms with van der Waals surface area (Å²) in [7, 11) is -3.92. The fourth-order valence-corrected chi connectivity index (χ4v) is 2.85. The smallest absolute Gasteiger partial charge is 0.255 e. The highest BCUT2D eigenvalue weighted by atomic mass is 32.2. The topological polar surface area (TPSA) is 80.5 Å². The molecule has 0 spiro atoms. The van der Waals surface area contributed by atoms with Gasteiger partial charge in [0, 0.05) is 12.6 Å². The Morgan fingerprint density at radius 1 is 1.50 bits per heavy atom. The van der Waals surface area contributed by atoms with Gasteiger partial charge in [0.2, 0.25) is 10.0 Å². The van der Waals surface area contributed by atoms with Crippen LogP contribution in [0, 0.1) is 6.92 Å². The van der Waals surface area contributed by atoms with Gasteiger partial charge in [-0.15, -0.1) is 6.58 Å². The second-order valence-corrected chi connectivity index (χ2v) is 6.55. The van der Waals surface area contributed by atoms with Gasteiger partial charge in [-0.3, -0.25) is 4.79 Å². The molecule has 1 aliphatic carbocycles. The SMILES string of the molecule is C=CCN(C(=O)c1cc(C)ccc1S(N)(=O)=O)C1CC1. The largest absolute Gasteiger partial charge is 0.332 e. The molecule has 0 saturated heterocycles. The lowest BCUT2D eigenvalue weighted by molar-refractivity contribution is 0.0758. The fraction of sp³-hybridized carbons (Fsp3) is 0.357. The van der Waals surface area contributed by atoms with Crippen molar-refractivity contribution in [1.82, 2.24) is 4.90 Å². The van der Waals surface area contributed by atoms with E-state index in [1.807, 2.05) is 0 Å². The van der Waals surface area contributed by atoms with Crippen LogP contribution in [0.3, 0.4) is 0 Å². The Morgan fingerprint density at radius 2 is 2.15 bits per heavy atom. The number of amides is 1. The normalized spacial score (nSPS) is 14.9. The van der Waals surface area contributed by atoms with Crippen molar-refractivity contribution in [3.05, 3.63) is 42.0 Å². The summed E-state index contributed by atoms with van der Waals surface area (Å²) < 4.78 is 23.2. The van der Waals surface area contributed by atoms with Crippen molar-refractivity contribution in [2.45, 2.75) is 30.7 Å². The summed E-state index contributed by atoms with van der Waals surface area (Å²) in [5.41, 5.74) is 0.955. The van der Waals surface area contributed by atoms with E-state index in [9.17, 15) is 13.2 Å². The summed E-state index contributed by atoms with van der Waals surface area (Å²) in [6, 6.07) is 4.76. The minimum atomic E-state index is -3.92. The minimum absolute atomic E-state index is 0.122. The number of hydrogen-bond donors (Lipinski definition) is 1. The fourth-order valence-electron chi connectivity index (χ4n) is 2.14. The van der Waals surface area contributed by atoms with E-state index in [0.29, 0.717) is 6.54 Å². The van der Waals surface area contributed by atoms with Gasteiger partial charge in [0.25, 0.3) is 5.91 Å². The maximum atomic E-state index is 12.6. The number of primary sulfonamides is 1. The molecule has 1 fully saturated rings. The highest BCUT2D eigenvalue weighted by molar-refractivity contribution is 7.89. The Balaban J connectivity index is 2.47. The molecule has 2 rings (SSSR count). The van der Waals surface area contributed by atoms with Crippen LogP contribution in [0.2, 0.25) is 0 Å². The number of rotatable bonds is 5. The van der Waals surface area contributed by atoms with Gasteiger partial charge in [-0.25, -0.2) is 13.6 Å². The van der Waals surface area contributed by atoms with E-state index in [2.05, 4.69) is 6.58 Å². The van der Waals surface area contributed by atoms with E-state index >= 15 is 0 Å². The number of nitrogens with two attached hydrogens (primary N) is 1. The Bertz CT molecular complexity index is 648. The molecular weight excluding hydrogens is 276 g/mol. The first-order chi connectivity index (χ1) is 9.34. The van der Waals surface area contributed by atoms with Crippen LogP contribution in [0.4, 0.5) is 0 Å². The summed E-state index contributed by atoms with van der Waals surface area (Å²) in [6.07, 6.45) is 3.52. The number of nitrogens with zero attached hydrogens (tertiary/aromatic N) is 1. The third-order valence-electron chi connectivity index (χ3n) is 3.25. The quantitative estimate of drug-likeness (QED) is 0.834. The summed E-state index contributed by atoms with van der Waals surface area (Å²) in [5.74, 6) is -0.305. The van der Waals surface area contributed by atoms with Crippen molar-refractivity contribution in [3.63, 3.8) is 0 Å². The number of carbonyl (C=O) groups is 1. The zero-order valence-electron chi connectivity index (χ0n) is 11.4. The van der Waals surface area contributed by atoms with Gasteiger partial charge < -0.3 is 4.90 Å².